The average Bonchev–Trinajstić information content (AvgIpc) is 3.25. The minimum Gasteiger partial charge on any atom is -0.493 e. The summed E-state index contributed by atoms with van der Waals surface area (Å²) in [6.45, 7) is 6.19. The number of ether oxygens (including phenoxy) is 3. The van der Waals surface area contributed by atoms with Gasteiger partial charge in [-0.25, -0.2) is 0 Å². The minimum atomic E-state index is -0.577. The smallest absolute Gasteiger partial charge is 0.255 e. The topological polar surface area (TPSA) is 77.1 Å². The molecule has 7 nitrogen and oxygen atoms in total. The number of nitrogens with zero attached hydrogens (tertiary/aromatic N) is 1. The van der Waals surface area contributed by atoms with Crippen molar-refractivity contribution in [3.8, 4) is 17.2 Å². The summed E-state index contributed by atoms with van der Waals surface area (Å²) in [7, 11) is 4.55. The number of benzene rings is 2. The third-order valence-electron chi connectivity index (χ3n) is 5.87. The van der Waals surface area contributed by atoms with Crippen LogP contribution < -0.4 is 19.5 Å². The monoisotopic (exact) mass is 486 g/mol. The van der Waals surface area contributed by atoms with E-state index in [-0.39, 0.29) is 23.2 Å². The van der Waals surface area contributed by atoms with Crippen molar-refractivity contribution >= 4 is 23.6 Å². The van der Waals surface area contributed by atoms with Crippen LogP contribution >= 0.6 is 11.8 Å². The summed E-state index contributed by atoms with van der Waals surface area (Å²) in [5.41, 5.74) is 1.40. The van der Waals surface area contributed by atoms with E-state index in [1.807, 2.05) is 37.3 Å². The zero-order chi connectivity index (χ0) is 24.8. The molecule has 1 heterocycles. The molecule has 34 heavy (non-hydrogen) atoms. The van der Waals surface area contributed by atoms with Gasteiger partial charge in [-0.05, 0) is 37.0 Å². The Balaban J connectivity index is 1.92. The van der Waals surface area contributed by atoms with Gasteiger partial charge in [-0.15, -0.1) is 11.8 Å². The summed E-state index contributed by atoms with van der Waals surface area (Å²) in [6.07, 6.45) is 0.791. The van der Waals surface area contributed by atoms with Gasteiger partial charge in [0.2, 0.25) is 11.7 Å². The molecule has 8 heteroatoms. The van der Waals surface area contributed by atoms with E-state index in [4.69, 9.17) is 14.2 Å². The van der Waals surface area contributed by atoms with Gasteiger partial charge in [-0.2, -0.15) is 0 Å². The summed E-state index contributed by atoms with van der Waals surface area (Å²) < 4.78 is 16.3. The molecule has 2 aromatic rings. The SMILES string of the molecule is COc1cc(C(=O)N2C(CC(C)C)SCC2C(=O)NC(C)c2ccccc2)cc(OC)c1OC. The highest BCUT2D eigenvalue weighted by Gasteiger charge is 2.42. The lowest BCUT2D eigenvalue weighted by molar-refractivity contribution is -0.125. The van der Waals surface area contributed by atoms with Crippen LogP contribution in [0.15, 0.2) is 42.5 Å². The highest BCUT2D eigenvalue weighted by atomic mass is 32.2. The predicted octanol–water partition coefficient (Wildman–Crippen LogP) is 4.52. The van der Waals surface area contributed by atoms with Crippen molar-refractivity contribution in [1.82, 2.24) is 10.2 Å². The van der Waals surface area contributed by atoms with Crippen molar-refractivity contribution < 1.29 is 23.8 Å². The summed E-state index contributed by atoms with van der Waals surface area (Å²) in [5, 5.41) is 2.99. The molecule has 3 rings (SSSR count). The van der Waals surface area contributed by atoms with E-state index >= 15 is 0 Å². The van der Waals surface area contributed by atoms with E-state index in [0.717, 1.165) is 12.0 Å². The Morgan fingerprint density at radius 2 is 1.65 bits per heavy atom. The third kappa shape index (κ3) is 5.60. The number of carbonyl (C=O) groups is 2. The molecule has 0 bridgehead atoms. The van der Waals surface area contributed by atoms with Crippen LogP contribution in [0.1, 0.15) is 49.2 Å². The second-order valence-corrected chi connectivity index (χ2v) is 9.91. The molecule has 0 saturated carbocycles. The summed E-state index contributed by atoms with van der Waals surface area (Å²) in [5.74, 6) is 1.74. The lowest BCUT2D eigenvalue weighted by atomic mass is 10.1. The van der Waals surface area contributed by atoms with Crippen LogP contribution in [-0.4, -0.2) is 55.2 Å². The fourth-order valence-corrected chi connectivity index (χ4v) is 5.75. The van der Waals surface area contributed by atoms with Crippen molar-refractivity contribution in [2.24, 2.45) is 5.92 Å². The van der Waals surface area contributed by atoms with Gasteiger partial charge >= 0.3 is 0 Å². The number of methoxy groups -OCH3 is 3. The standard InChI is InChI=1S/C26H34N2O5S/c1-16(2)12-23-28(26(30)19-13-21(31-4)24(33-6)22(14-19)32-5)20(15-34-23)25(29)27-17(3)18-10-8-7-9-11-18/h7-11,13-14,16-17,20,23H,12,15H2,1-6H3,(H,27,29). The second-order valence-electron chi connectivity index (χ2n) is 8.70. The maximum atomic E-state index is 13.8. The van der Waals surface area contributed by atoms with Crippen molar-refractivity contribution in [2.45, 2.75) is 44.6 Å². The Morgan fingerprint density at radius 1 is 1.03 bits per heavy atom. The molecule has 1 saturated heterocycles. The maximum Gasteiger partial charge on any atom is 0.255 e. The molecule has 0 aliphatic carbocycles. The molecular formula is C26H34N2O5S. The largest absolute Gasteiger partial charge is 0.493 e. The van der Waals surface area contributed by atoms with Gasteiger partial charge in [-0.1, -0.05) is 44.2 Å². The normalized spacial score (nSPS) is 18.5. The Bertz CT molecular complexity index is 973. The van der Waals surface area contributed by atoms with Gasteiger partial charge in [0.1, 0.15) is 6.04 Å². The van der Waals surface area contributed by atoms with E-state index in [1.54, 1.807) is 28.8 Å². The second kappa shape index (κ2) is 11.5. The van der Waals surface area contributed by atoms with E-state index in [2.05, 4.69) is 19.2 Å². The molecule has 3 atom stereocenters. The van der Waals surface area contributed by atoms with Crippen molar-refractivity contribution in [3.63, 3.8) is 0 Å². The zero-order valence-electron chi connectivity index (χ0n) is 20.7. The van der Waals surface area contributed by atoms with Gasteiger partial charge in [0, 0.05) is 11.3 Å². The van der Waals surface area contributed by atoms with Crippen molar-refractivity contribution in [1.29, 1.82) is 0 Å². The van der Waals surface area contributed by atoms with E-state index in [1.165, 1.54) is 21.3 Å². The first-order valence-electron chi connectivity index (χ1n) is 11.4. The molecular weight excluding hydrogens is 452 g/mol. The van der Waals surface area contributed by atoms with Gasteiger partial charge in [-0.3, -0.25) is 9.59 Å². The first-order chi connectivity index (χ1) is 16.3. The molecule has 1 aliphatic rings. The number of hydrogen-bond donors (Lipinski definition) is 1. The predicted molar refractivity (Wildman–Crippen MR) is 135 cm³/mol. The molecule has 0 radical (unpaired) electrons. The van der Waals surface area contributed by atoms with Gasteiger partial charge < -0.3 is 24.4 Å². The van der Waals surface area contributed by atoms with Crippen molar-refractivity contribution in [3.05, 3.63) is 53.6 Å². The van der Waals surface area contributed by atoms with Crippen LogP contribution in [0.2, 0.25) is 0 Å². The lowest BCUT2D eigenvalue weighted by Gasteiger charge is -2.31. The van der Waals surface area contributed by atoms with Gasteiger partial charge in [0.05, 0.1) is 32.7 Å². The minimum absolute atomic E-state index is 0.102. The fourth-order valence-electron chi connectivity index (χ4n) is 4.11. The Kier molecular flexibility index (Phi) is 8.72. The first kappa shape index (κ1) is 25.7. The molecule has 2 aromatic carbocycles. The summed E-state index contributed by atoms with van der Waals surface area (Å²) in [4.78, 5) is 28.9. The Morgan fingerprint density at radius 3 is 2.18 bits per heavy atom. The Labute approximate surface area is 206 Å². The lowest BCUT2D eigenvalue weighted by Crippen LogP contribution is -2.50. The van der Waals surface area contributed by atoms with Crippen molar-refractivity contribution in [2.75, 3.05) is 27.1 Å². The van der Waals surface area contributed by atoms with E-state index < -0.39 is 6.04 Å². The number of carbonyl (C=O) groups excluding carboxylic acids is 2. The maximum absolute atomic E-state index is 13.8. The van der Waals surface area contributed by atoms with Gasteiger partial charge in [0.15, 0.2) is 11.5 Å². The molecule has 3 unspecified atom stereocenters. The van der Waals surface area contributed by atoms with E-state index in [9.17, 15) is 9.59 Å². The number of thioether (sulfide) groups is 1. The number of hydrogen-bond acceptors (Lipinski definition) is 6. The Hall–Kier alpha value is -2.87. The third-order valence-corrected chi connectivity index (χ3v) is 7.19. The van der Waals surface area contributed by atoms with Crippen LogP contribution in [0, 0.1) is 5.92 Å². The van der Waals surface area contributed by atoms with E-state index in [0.29, 0.717) is 34.5 Å². The van der Waals surface area contributed by atoms with Gasteiger partial charge in [0.25, 0.3) is 5.91 Å². The highest BCUT2D eigenvalue weighted by Crippen LogP contribution is 2.40. The molecule has 2 amide bonds. The average molecular weight is 487 g/mol. The molecule has 1 fully saturated rings. The van der Waals surface area contributed by atoms with Crippen LogP contribution in [0.5, 0.6) is 17.2 Å². The first-order valence-corrected chi connectivity index (χ1v) is 12.4. The van der Waals surface area contributed by atoms with Crippen LogP contribution in [-0.2, 0) is 4.79 Å². The quantitative estimate of drug-likeness (QED) is 0.562. The number of nitrogens with one attached hydrogen (secondary N) is 1. The summed E-state index contributed by atoms with van der Waals surface area (Å²) in [6, 6.07) is 12.3. The van der Waals surface area contributed by atoms with Crippen LogP contribution in [0.4, 0.5) is 0 Å². The zero-order valence-corrected chi connectivity index (χ0v) is 21.5. The molecule has 0 spiro atoms. The number of rotatable bonds is 9. The molecule has 1 N–H and O–H groups in total. The van der Waals surface area contributed by atoms with Crippen LogP contribution in [0.25, 0.3) is 0 Å². The highest BCUT2D eigenvalue weighted by molar-refractivity contribution is 8.00. The molecule has 184 valence electrons. The molecule has 1 aliphatic heterocycles. The van der Waals surface area contributed by atoms with Crippen LogP contribution in [0.3, 0.4) is 0 Å². The molecule has 0 aromatic heterocycles. The summed E-state index contributed by atoms with van der Waals surface area (Å²) >= 11 is 1.65. The fraction of sp³-hybridized carbons (Fsp3) is 0.462. The number of amides is 2.